The molecule has 3 rings (SSSR count). The third kappa shape index (κ3) is 3.78. The largest absolute Gasteiger partial charge is 0.455 e. The Balaban J connectivity index is 1.52. The molecule has 2 aromatic carbocycles. The quantitative estimate of drug-likeness (QED) is 0.730. The van der Waals surface area contributed by atoms with Gasteiger partial charge < -0.3 is 14.6 Å². The number of aromatic nitrogens is 1. The number of carbonyl (C=O) groups excluding carboxylic acids is 2. The van der Waals surface area contributed by atoms with E-state index in [0.29, 0.717) is 17.0 Å². The average Bonchev–Trinajstić information content (AvgIpc) is 2.98. The lowest BCUT2D eigenvalue weighted by molar-refractivity contribution is -0.146. The highest BCUT2D eigenvalue weighted by Gasteiger charge is 2.14. The molecule has 0 radical (unpaired) electrons. The van der Waals surface area contributed by atoms with Crippen molar-refractivity contribution in [3.63, 3.8) is 0 Å². The van der Waals surface area contributed by atoms with Crippen molar-refractivity contribution in [3.05, 3.63) is 59.8 Å². The van der Waals surface area contributed by atoms with E-state index in [2.05, 4.69) is 10.5 Å². The summed E-state index contributed by atoms with van der Waals surface area (Å²) in [5.41, 5.74) is 2.86. The number of anilines is 1. The van der Waals surface area contributed by atoms with Crippen LogP contribution in [0.15, 0.2) is 53.1 Å². The van der Waals surface area contributed by atoms with Crippen LogP contribution in [0, 0.1) is 6.92 Å². The fourth-order valence-corrected chi connectivity index (χ4v) is 2.23. The number of fused-ring (bicyclic) bond motifs is 1. The summed E-state index contributed by atoms with van der Waals surface area (Å²) in [6.45, 7) is 1.61. The number of rotatable bonds is 5. The highest BCUT2D eigenvalue weighted by molar-refractivity contribution is 5.93. The maximum absolute atomic E-state index is 11.9. The number of nitrogens with zero attached hydrogens (tertiary/aromatic N) is 1. The molecule has 0 saturated carbocycles. The number of para-hydroxylation sites is 1. The van der Waals surface area contributed by atoms with Crippen molar-refractivity contribution in [2.75, 3.05) is 11.9 Å². The Labute approximate surface area is 138 Å². The van der Waals surface area contributed by atoms with Gasteiger partial charge in [0.25, 0.3) is 5.91 Å². The Morgan fingerprint density at radius 1 is 1.12 bits per heavy atom. The van der Waals surface area contributed by atoms with Crippen LogP contribution in [0.3, 0.4) is 0 Å². The van der Waals surface area contributed by atoms with E-state index < -0.39 is 11.9 Å². The molecule has 0 fully saturated rings. The molecule has 6 nitrogen and oxygen atoms in total. The number of benzene rings is 2. The predicted octanol–water partition coefficient (Wildman–Crippen LogP) is 2.86. The van der Waals surface area contributed by atoms with Gasteiger partial charge in [0, 0.05) is 11.1 Å². The van der Waals surface area contributed by atoms with Crippen molar-refractivity contribution in [2.24, 2.45) is 0 Å². The highest BCUT2D eigenvalue weighted by Crippen LogP contribution is 2.18. The van der Waals surface area contributed by atoms with Crippen LogP contribution in [0.2, 0.25) is 0 Å². The van der Waals surface area contributed by atoms with E-state index in [-0.39, 0.29) is 13.0 Å². The second-order valence-corrected chi connectivity index (χ2v) is 5.38. The molecule has 1 N–H and O–H groups in total. The van der Waals surface area contributed by atoms with Gasteiger partial charge in [0.1, 0.15) is 5.69 Å². The predicted molar refractivity (Wildman–Crippen MR) is 88.5 cm³/mol. The second kappa shape index (κ2) is 6.95. The fraction of sp³-hybridized carbons (Fsp3) is 0.167. The Morgan fingerprint density at radius 3 is 2.67 bits per heavy atom. The van der Waals surface area contributed by atoms with Crippen LogP contribution in [0.4, 0.5) is 5.69 Å². The molecule has 1 aromatic heterocycles. The summed E-state index contributed by atoms with van der Waals surface area (Å²) in [6.07, 6.45) is -0.0468. The summed E-state index contributed by atoms with van der Waals surface area (Å²) < 4.78 is 10.1. The normalized spacial score (nSPS) is 10.5. The van der Waals surface area contributed by atoms with Crippen LogP contribution in [0.1, 0.15) is 11.3 Å². The summed E-state index contributed by atoms with van der Waals surface area (Å²) in [6, 6.07) is 14.6. The summed E-state index contributed by atoms with van der Waals surface area (Å²) in [5.74, 6) is -0.926. The number of hydrogen-bond acceptors (Lipinski definition) is 5. The summed E-state index contributed by atoms with van der Waals surface area (Å²) in [4.78, 5) is 23.7. The van der Waals surface area contributed by atoms with Gasteiger partial charge in [-0.2, -0.15) is 0 Å². The van der Waals surface area contributed by atoms with E-state index in [1.165, 1.54) is 0 Å². The van der Waals surface area contributed by atoms with Crippen molar-refractivity contribution >= 4 is 28.5 Å². The van der Waals surface area contributed by atoms with Crippen molar-refractivity contribution in [1.29, 1.82) is 0 Å². The monoisotopic (exact) mass is 324 g/mol. The van der Waals surface area contributed by atoms with E-state index in [4.69, 9.17) is 9.26 Å². The van der Waals surface area contributed by atoms with Crippen molar-refractivity contribution < 1.29 is 18.8 Å². The minimum Gasteiger partial charge on any atom is -0.455 e. The van der Waals surface area contributed by atoms with Gasteiger partial charge in [0.15, 0.2) is 12.2 Å². The molecule has 24 heavy (non-hydrogen) atoms. The molecule has 6 heteroatoms. The first-order chi connectivity index (χ1) is 11.6. The molecule has 0 aliphatic carbocycles. The summed E-state index contributed by atoms with van der Waals surface area (Å²) in [5, 5.41) is 7.29. The first-order valence-electron chi connectivity index (χ1n) is 7.47. The molecule has 122 valence electrons. The maximum Gasteiger partial charge on any atom is 0.312 e. The van der Waals surface area contributed by atoms with Crippen molar-refractivity contribution in [2.45, 2.75) is 13.3 Å². The fourth-order valence-electron chi connectivity index (χ4n) is 2.23. The van der Waals surface area contributed by atoms with Crippen LogP contribution < -0.4 is 5.32 Å². The van der Waals surface area contributed by atoms with E-state index >= 15 is 0 Å². The number of carbonyl (C=O) groups is 2. The molecular weight excluding hydrogens is 308 g/mol. The first-order valence-corrected chi connectivity index (χ1v) is 7.47. The average molecular weight is 324 g/mol. The van der Waals surface area contributed by atoms with E-state index in [0.717, 1.165) is 10.9 Å². The number of aryl methyl sites for hydroxylation is 1. The second-order valence-electron chi connectivity index (χ2n) is 5.38. The molecule has 0 aliphatic heterocycles. The molecular formula is C18H16N2O4. The third-order valence-corrected chi connectivity index (χ3v) is 3.46. The zero-order valence-corrected chi connectivity index (χ0v) is 13.1. The molecule has 0 spiro atoms. The van der Waals surface area contributed by atoms with Crippen LogP contribution in [-0.4, -0.2) is 23.6 Å². The molecule has 0 bridgehead atoms. The summed E-state index contributed by atoms with van der Waals surface area (Å²) in [7, 11) is 0. The van der Waals surface area contributed by atoms with Gasteiger partial charge in [-0.1, -0.05) is 35.0 Å². The molecule has 0 aliphatic rings. The zero-order chi connectivity index (χ0) is 16.9. The number of amides is 1. The number of nitrogens with one attached hydrogen (secondary N) is 1. The molecule has 1 heterocycles. The molecule has 0 saturated heterocycles. The zero-order valence-electron chi connectivity index (χ0n) is 13.1. The molecule has 0 atom stereocenters. The molecule has 3 aromatic rings. The Hall–Kier alpha value is -3.15. The first kappa shape index (κ1) is 15.7. The molecule has 0 unspecified atom stereocenters. The van der Waals surface area contributed by atoms with Gasteiger partial charge in [-0.15, -0.1) is 0 Å². The van der Waals surface area contributed by atoms with E-state index in [1.54, 1.807) is 18.2 Å². The lowest BCUT2D eigenvalue weighted by atomic mass is 10.2. The third-order valence-electron chi connectivity index (χ3n) is 3.46. The Bertz CT molecular complexity index is 868. The minimum absolute atomic E-state index is 0.0468. The van der Waals surface area contributed by atoms with Crippen LogP contribution in [0.5, 0.6) is 0 Å². The topological polar surface area (TPSA) is 81.4 Å². The lowest BCUT2D eigenvalue weighted by Crippen LogP contribution is -2.21. The van der Waals surface area contributed by atoms with E-state index in [9.17, 15) is 9.59 Å². The number of ether oxygens (including phenoxy) is 1. The van der Waals surface area contributed by atoms with Gasteiger partial charge in [-0.25, -0.2) is 0 Å². The smallest absolute Gasteiger partial charge is 0.312 e. The number of hydrogen-bond donors (Lipinski definition) is 1. The number of esters is 1. The summed E-state index contributed by atoms with van der Waals surface area (Å²) >= 11 is 0. The van der Waals surface area contributed by atoms with Crippen molar-refractivity contribution in [1.82, 2.24) is 5.16 Å². The Kier molecular flexibility index (Phi) is 4.56. The van der Waals surface area contributed by atoms with Gasteiger partial charge in [-0.05, 0) is 31.2 Å². The van der Waals surface area contributed by atoms with E-state index in [1.807, 2.05) is 37.3 Å². The Morgan fingerprint density at radius 2 is 1.88 bits per heavy atom. The highest BCUT2D eigenvalue weighted by atomic mass is 16.5. The van der Waals surface area contributed by atoms with Crippen LogP contribution in [0.25, 0.3) is 11.0 Å². The lowest BCUT2D eigenvalue weighted by Gasteiger charge is -2.06. The standard InChI is InChI=1S/C18H16N2O4/c1-12-6-8-13(9-7-12)19-17(21)11-23-18(22)10-15-14-4-2-3-5-16(14)24-20-15/h2-9H,10-11H2,1H3,(H,19,21). The SMILES string of the molecule is Cc1ccc(NC(=O)COC(=O)Cc2noc3ccccc23)cc1. The van der Waals surface area contributed by atoms with Crippen molar-refractivity contribution in [3.8, 4) is 0 Å². The van der Waals surface area contributed by atoms with Gasteiger partial charge in [-0.3, -0.25) is 9.59 Å². The van der Waals surface area contributed by atoms with Gasteiger partial charge in [0.2, 0.25) is 0 Å². The van der Waals surface area contributed by atoms with Crippen LogP contribution in [-0.2, 0) is 20.7 Å². The molecule has 1 amide bonds. The van der Waals surface area contributed by atoms with Crippen LogP contribution >= 0.6 is 0 Å². The minimum atomic E-state index is -0.534. The van der Waals surface area contributed by atoms with Gasteiger partial charge in [0.05, 0.1) is 6.42 Å². The van der Waals surface area contributed by atoms with Gasteiger partial charge >= 0.3 is 5.97 Å². The maximum atomic E-state index is 11.9.